The molecule has 3 rings (SSSR count). The lowest BCUT2D eigenvalue weighted by Crippen LogP contribution is -2.32. The summed E-state index contributed by atoms with van der Waals surface area (Å²) >= 11 is 6.11. The molecule has 0 atom stereocenters. The van der Waals surface area contributed by atoms with Gasteiger partial charge in [-0.05, 0) is 43.2 Å². The molecule has 6 nitrogen and oxygen atoms in total. The third-order valence-corrected chi connectivity index (χ3v) is 5.68. The predicted octanol–water partition coefficient (Wildman–Crippen LogP) is 4.57. The summed E-state index contributed by atoms with van der Waals surface area (Å²) in [6, 6.07) is 12.5. The van der Waals surface area contributed by atoms with Crippen LogP contribution in [0.1, 0.15) is 42.9 Å². The molecule has 158 valence electrons. The lowest BCUT2D eigenvalue weighted by molar-refractivity contribution is -0.125. The minimum absolute atomic E-state index is 0.0646. The molecule has 2 N–H and O–H groups in total. The molecule has 0 fully saturated rings. The molecule has 3 aromatic rings. The van der Waals surface area contributed by atoms with E-state index in [-0.39, 0.29) is 17.7 Å². The van der Waals surface area contributed by atoms with Gasteiger partial charge in [-0.25, -0.2) is 4.98 Å². The van der Waals surface area contributed by atoms with Crippen LogP contribution in [0.4, 0.5) is 5.69 Å². The smallest absolute Gasteiger partial charge is 0.257 e. The number of anilines is 1. The van der Waals surface area contributed by atoms with Crippen molar-refractivity contribution in [3.8, 4) is 0 Å². The third-order valence-electron chi connectivity index (χ3n) is 5.35. The predicted molar refractivity (Wildman–Crippen MR) is 121 cm³/mol. The molecule has 2 amide bonds. The van der Waals surface area contributed by atoms with Gasteiger partial charge in [-0.1, -0.05) is 37.6 Å². The number of amides is 2. The van der Waals surface area contributed by atoms with Crippen LogP contribution in [-0.4, -0.2) is 27.9 Å². The van der Waals surface area contributed by atoms with Crippen LogP contribution >= 0.6 is 11.6 Å². The number of halogens is 1. The minimum Gasteiger partial charge on any atom is -0.355 e. The number of nitrogens with zero attached hydrogens (tertiary/aromatic N) is 2. The molecule has 1 heterocycles. The fourth-order valence-corrected chi connectivity index (χ4v) is 3.72. The van der Waals surface area contributed by atoms with Gasteiger partial charge in [0.25, 0.3) is 5.91 Å². The molecular formula is C23H27ClN4O2. The van der Waals surface area contributed by atoms with Gasteiger partial charge in [0, 0.05) is 31.6 Å². The van der Waals surface area contributed by atoms with Crippen LogP contribution in [0.5, 0.6) is 0 Å². The van der Waals surface area contributed by atoms with Crippen LogP contribution in [-0.2, 0) is 18.3 Å². The molecule has 0 unspecified atom stereocenters. The highest BCUT2D eigenvalue weighted by Gasteiger charge is 2.15. The van der Waals surface area contributed by atoms with Gasteiger partial charge < -0.3 is 15.2 Å². The maximum Gasteiger partial charge on any atom is 0.257 e. The van der Waals surface area contributed by atoms with E-state index in [0.717, 1.165) is 29.7 Å². The molecular weight excluding hydrogens is 400 g/mol. The minimum atomic E-state index is -0.264. The number of hydrogen-bond donors (Lipinski definition) is 2. The van der Waals surface area contributed by atoms with Crippen molar-refractivity contribution >= 4 is 40.1 Å². The van der Waals surface area contributed by atoms with Crippen molar-refractivity contribution in [3.63, 3.8) is 0 Å². The van der Waals surface area contributed by atoms with E-state index in [1.165, 1.54) is 0 Å². The van der Waals surface area contributed by atoms with Crippen LogP contribution in [0.25, 0.3) is 11.0 Å². The summed E-state index contributed by atoms with van der Waals surface area (Å²) in [6.07, 6.45) is 2.33. The van der Waals surface area contributed by atoms with Crippen LogP contribution in [0.15, 0.2) is 42.5 Å². The van der Waals surface area contributed by atoms with E-state index < -0.39 is 0 Å². The zero-order valence-electron chi connectivity index (χ0n) is 17.5. The Morgan fingerprint density at radius 1 is 1.13 bits per heavy atom. The molecule has 2 aromatic carbocycles. The maximum atomic E-state index is 12.5. The van der Waals surface area contributed by atoms with Crippen molar-refractivity contribution in [1.82, 2.24) is 14.9 Å². The van der Waals surface area contributed by atoms with Gasteiger partial charge in [0.2, 0.25) is 5.91 Å². The van der Waals surface area contributed by atoms with Crippen LogP contribution < -0.4 is 10.6 Å². The quantitative estimate of drug-likeness (QED) is 0.553. The zero-order chi connectivity index (χ0) is 21.7. The highest BCUT2D eigenvalue weighted by Crippen LogP contribution is 2.22. The zero-order valence-corrected chi connectivity index (χ0v) is 18.3. The summed E-state index contributed by atoms with van der Waals surface area (Å²) in [5.74, 6) is 0.780. The molecule has 0 bridgehead atoms. The SMILES string of the molecule is CCC(CC)C(=O)NCCc1nc2cc(NC(=O)c3ccccc3Cl)ccc2n1C. The van der Waals surface area contributed by atoms with E-state index >= 15 is 0 Å². The lowest BCUT2D eigenvalue weighted by Gasteiger charge is -2.12. The Hall–Kier alpha value is -2.86. The number of fused-ring (bicyclic) bond motifs is 1. The summed E-state index contributed by atoms with van der Waals surface area (Å²) in [7, 11) is 1.95. The maximum absolute atomic E-state index is 12.5. The molecule has 30 heavy (non-hydrogen) atoms. The first-order valence-corrected chi connectivity index (χ1v) is 10.6. The average molecular weight is 427 g/mol. The fraction of sp³-hybridized carbons (Fsp3) is 0.348. The number of aromatic nitrogens is 2. The van der Waals surface area contributed by atoms with E-state index in [1.807, 2.05) is 43.7 Å². The normalized spacial score (nSPS) is 11.1. The van der Waals surface area contributed by atoms with E-state index in [9.17, 15) is 9.59 Å². The molecule has 0 aliphatic rings. The first-order chi connectivity index (χ1) is 14.4. The molecule has 1 aromatic heterocycles. The van der Waals surface area contributed by atoms with Crippen molar-refractivity contribution in [2.75, 3.05) is 11.9 Å². The number of benzene rings is 2. The van der Waals surface area contributed by atoms with Gasteiger partial charge in [-0.15, -0.1) is 0 Å². The molecule has 0 saturated heterocycles. The summed E-state index contributed by atoms with van der Waals surface area (Å²) in [5.41, 5.74) is 2.83. The monoisotopic (exact) mass is 426 g/mol. The van der Waals surface area contributed by atoms with Gasteiger partial charge in [-0.2, -0.15) is 0 Å². The van der Waals surface area contributed by atoms with Gasteiger partial charge >= 0.3 is 0 Å². The standard InChI is InChI=1S/C23H27ClN4O2/c1-4-15(5-2)22(29)25-13-12-21-27-19-14-16(10-11-20(19)28(21)3)26-23(30)17-8-6-7-9-18(17)24/h6-11,14-15H,4-5,12-13H2,1-3H3,(H,25,29)(H,26,30). The van der Waals surface area contributed by atoms with Crippen molar-refractivity contribution in [3.05, 3.63) is 58.9 Å². The summed E-state index contributed by atoms with van der Waals surface area (Å²) in [5, 5.41) is 6.29. The van der Waals surface area contributed by atoms with Crippen molar-refractivity contribution in [2.45, 2.75) is 33.1 Å². The molecule has 7 heteroatoms. The third kappa shape index (κ3) is 4.82. The highest BCUT2D eigenvalue weighted by molar-refractivity contribution is 6.34. The second kappa shape index (κ2) is 9.76. The Kier molecular flexibility index (Phi) is 7.11. The Bertz CT molecular complexity index is 1060. The number of rotatable bonds is 8. The summed E-state index contributed by atoms with van der Waals surface area (Å²) < 4.78 is 2.01. The van der Waals surface area contributed by atoms with Crippen LogP contribution in [0.2, 0.25) is 5.02 Å². The van der Waals surface area contributed by atoms with E-state index in [0.29, 0.717) is 29.2 Å². The highest BCUT2D eigenvalue weighted by atomic mass is 35.5. The Morgan fingerprint density at radius 2 is 1.87 bits per heavy atom. The van der Waals surface area contributed by atoms with Crippen molar-refractivity contribution in [2.24, 2.45) is 13.0 Å². The number of hydrogen-bond acceptors (Lipinski definition) is 3. The van der Waals surface area contributed by atoms with Crippen molar-refractivity contribution < 1.29 is 9.59 Å². The van der Waals surface area contributed by atoms with Crippen LogP contribution in [0, 0.1) is 5.92 Å². The average Bonchev–Trinajstić information content (AvgIpc) is 3.04. The summed E-state index contributed by atoms with van der Waals surface area (Å²) in [6.45, 7) is 4.60. The van der Waals surface area contributed by atoms with Gasteiger partial charge in [-0.3, -0.25) is 9.59 Å². The van der Waals surface area contributed by atoms with E-state index in [4.69, 9.17) is 11.6 Å². The largest absolute Gasteiger partial charge is 0.355 e. The second-order valence-electron chi connectivity index (χ2n) is 7.28. The van der Waals surface area contributed by atoms with Crippen LogP contribution in [0.3, 0.4) is 0 Å². The lowest BCUT2D eigenvalue weighted by atomic mass is 10.0. The van der Waals surface area contributed by atoms with E-state index in [1.54, 1.807) is 24.3 Å². The van der Waals surface area contributed by atoms with Gasteiger partial charge in [0.1, 0.15) is 5.82 Å². The molecule has 0 aliphatic carbocycles. The Labute approximate surface area is 181 Å². The first kappa shape index (κ1) is 21.8. The summed E-state index contributed by atoms with van der Waals surface area (Å²) in [4.78, 5) is 29.3. The second-order valence-corrected chi connectivity index (χ2v) is 7.69. The molecule has 0 aliphatic heterocycles. The number of imidazole rings is 1. The van der Waals surface area contributed by atoms with E-state index in [2.05, 4.69) is 15.6 Å². The Morgan fingerprint density at radius 3 is 2.57 bits per heavy atom. The van der Waals surface area contributed by atoms with Gasteiger partial charge in [0.05, 0.1) is 21.6 Å². The number of carbonyl (C=O) groups is 2. The molecule has 0 saturated carbocycles. The van der Waals surface area contributed by atoms with Crippen molar-refractivity contribution in [1.29, 1.82) is 0 Å². The fourth-order valence-electron chi connectivity index (χ4n) is 3.50. The van der Waals surface area contributed by atoms with Gasteiger partial charge in [0.15, 0.2) is 0 Å². The molecule has 0 radical (unpaired) electrons. The first-order valence-electron chi connectivity index (χ1n) is 10.2. The Balaban J connectivity index is 1.69. The number of carbonyl (C=O) groups excluding carboxylic acids is 2. The molecule has 0 spiro atoms. The number of aryl methyl sites for hydroxylation is 1. The number of nitrogens with one attached hydrogen (secondary N) is 2. The topological polar surface area (TPSA) is 76.0 Å².